The van der Waals surface area contributed by atoms with Gasteiger partial charge in [0, 0.05) is 36.9 Å². The fourth-order valence-corrected chi connectivity index (χ4v) is 4.81. The molecule has 0 saturated carbocycles. The largest absolute Gasteiger partial charge is 0.385 e. The third kappa shape index (κ3) is 4.37. The predicted octanol–water partition coefficient (Wildman–Crippen LogP) is 2.61. The van der Waals surface area contributed by atoms with Crippen LogP contribution in [0.15, 0.2) is 0 Å². The van der Waals surface area contributed by atoms with Crippen molar-refractivity contribution in [2.75, 3.05) is 25.2 Å². The molecule has 15 heavy (non-hydrogen) atoms. The van der Waals surface area contributed by atoms with Gasteiger partial charge in [0.25, 0.3) is 0 Å². The van der Waals surface area contributed by atoms with Gasteiger partial charge in [-0.1, -0.05) is 6.92 Å². The number of methoxy groups -OCH3 is 1. The highest BCUT2D eigenvalue weighted by Crippen LogP contribution is 2.34. The van der Waals surface area contributed by atoms with Gasteiger partial charge in [-0.15, -0.1) is 11.8 Å². The average Bonchev–Trinajstić information content (AvgIpc) is 2.29. The number of hydrogen-bond donors (Lipinski definition) is 0. The Kier molecular flexibility index (Phi) is 6.77. The number of thioether (sulfide) groups is 2. The van der Waals surface area contributed by atoms with Gasteiger partial charge in [0.2, 0.25) is 0 Å². The van der Waals surface area contributed by atoms with Crippen molar-refractivity contribution in [2.45, 2.75) is 36.7 Å². The zero-order valence-corrected chi connectivity index (χ0v) is 11.2. The predicted molar refractivity (Wildman–Crippen MR) is 68.9 cm³/mol. The van der Waals surface area contributed by atoms with Crippen LogP contribution in [0.5, 0.6) is 0 Å². The Morgan fingerprint density at radius 1 is 1.40 bits per heavy atom. The van der Waals surface area contributed by atoms with E-state index in [1.165, 1.54) is 5.75 Å². The van der Waals surface area contributed by atoms with Gasteiger partial charge in [-0.3, -0.25) is 4.79 Å². The van der Waals surface area contributed by atoms with E-state index >= 15 is 0 Å². The maximum atomic E-state index is 12.0. The molecule has 1 rings (SSSR count). The lowest BCUT2D eigenvalue weighted by molar-refractivity contribution is -0.118. The molecule has 4 heteroatoms. The first-order valence-electron chi connectivity index (χ1n) is 5.54. The van der Waals surface area contributed by atoms with Crippen LogP contribution in [0.2, 0.25) is 0 Å². The van der Waals surface area contributed by atoms with Gasteiger partial charge in [0.15, 0.2) is 0 Å². The second-order valence-corrected chi connectivity index (χ2v) is 6.27. The van der Waals surface area contributed by atoms with Crippen molar-refractivity contribution in [2.24, 2.45) is 0 Å². The molecule has 0 bridgehead atoms. The Bertz CT molecular complexity index is 197. The quantitative estimate of drug-likeness (QED) is 0.675. The summed E-state index contributed by atoms with van der Waals surface area (Å²) in [7, 11) is 1.69. The normalized spacial score (nSPS) is 26.5. The van der Waals surface area contributed by atoms with Crippen molar-refractivity contribution in [3.8, 4) is 0 Å². The van der Waals surface area contributed by atoms with E-state index in [1.807, 2.05) is 23.5 Å². The highest BCUT2D eigenvalue weighted by atomic mass is 32.2. The summed E-state index contributed by atoms with van der Waals surface area (Å²) in [6, 6.07) is 0. The van der Waals surface area contributed by atoms with Gasteiger partial charge < -0.3 is 4.74 Å². The van der Waals surface area contributed by atoms with Gasteiger partial charge in [-0.25, -0.2) is 0 Å². The minimum atomic E-state index is 0.241. The van der Waals surface area contributed by atoms with E-state index in [4.69, 9.17) is 4.74 Å². The lowest BCUT2D eigenvalue weighted by atomic mass is 10.1. The second kappa shape index (κ2) is 7.58. The summed E-state index contributed by atoms with van der Waals surface area (Å²) in [5, 5.41) is 0.782. The number of Topliss-reactive ketones (excluding diaryl/α,β-unsaturated/α-hetero) is 1. The van der Waals surface area contributed by atoms with E-state index < -0.39 is 0 Å². The van der Waals surface area contributed by atoms with Crippen LogP contribution in [0.4, 0.5) is 0 Å². The molecule has 2 unspecified atom stereocenters. The molecular formula is C11H20O2S2. The van der Waals surface area contributed by atoms with Gasteiger partial charge >= 0.3 is 0 Å². The van der Waals surface area contributed by atoms with Crippen LogP contribution in [-0.4, -0.2) is 41.5 Å². The minimum absolute atomic E-state index is 0.241. The van der Waals surface area contributed by atoms with Crippen LogP contribution in [0.1, 0.15) is 26.2 Å². The molecule has 1 aliphatic heterocycles. The summed E-state index contributed by atoms with van der Waals surface area (Å²) >= 11 is 3.82. The van der Waals surface area contributed by atoms with Crippen LogP contribution in [0.3, 0.4) is 0 Å². The van der Waals surface area contributed by atoms with Gasteiger partial charge in [-0.05, 0) is 12.8 Å². The molecule has 1 saturated heterocycles. The van der Waals surface area contributed by atoms with Crippen LogP contribution < -0.4 is 0 Å². The number of ketones is 1. The van der Waals surface area contributed by atoms with Crippen molar-refractivity contribution in [1.29, 1.82) is 0 Å². The Morgan fingerprint density at radius 2 is 2.13 bits per heavy atom. The summed E-state index contributed by atoms with van der Waals surface area (Å²) in [6.45, 7) is 2.88. The van der Waals surface area contributed by atoms with E-state index in [2.05, 4.69) is 6.92 Å². The topological polar surface area (TPSA) is 26.3 Å². The molecule has 1 fully saturated rings. The number of rotatable bonds is 6. The van der Waals surface area contributed by atoms with E-state index in [0.29, 0.717) is 24.1 Å². The molecule has 0 radical (unpaired) electrons. The Balaban J connectivity index is 2.34. The molecule has 0 N–H and O–H groups in total. The summed E-state index contributed by atoms with van der Waals surface area (Å²) < 4.78 is 4.97. The molecule has 0 aromatic carbocycles. The van der Waals surface area contributed by atoms with E-state index in [0.717, 1.165) is 18.6 Å². The van der Waals surface area contributed by atoms with Crippen LogP contribution >= 0.6 is 23.5 Å². The Labute approximate surface area is 101 Å². The third-order valence-electron chi connectivity index (χ3n) is 2.54. The van der Waals surface area contributed by atoms with Gasteiger partial charge in [0.05, 0.1) is 5.25 Å². The monoisotopic (exact) mass is 248 g/mol. The van der Waals surface area contributed by atoms with Gasteiger partial charge in [0.1, 0.15) is 5.78 Å². The lowest BCUT2D eigenvalue weighted by Crippen LogP contribution is -2.32. The van der Waals surface area contributed by atoms with Crippen LogP contribution in [-0.2, 0) is 9.53 Å². The second-order valence-electron chi connectivity index (χ2n) is 3.67. The zero-order chi connectivity index (χ0) is 11.1. The van der Waals surface area contributed by atoms with E-state index in [-0.39, 0.29) is 5.25 Å². The summed E-state index contributed by atoms with van der Waals surface area (Å²) in [5.74, 6) is 2.75. The smallest absolute Gasteiger partial charge is 0.147 e. The third-order valence-corrected chi connectivity index (χ3v) is 5.84. The van der Waals surface area contributed by atoms with Crippen LogP contribution in [0.25, 0.3) is 0 Å². The van der Waals surface area contributed by atoms with Crippen molar-refractivity contribution in [1.82, 2.24) is 0 Å². The molecule has 1 heterocycles. The molecule has 2 nitrogen and oxygen atoms in total. The SMILES string of the molecule is CCC1SCCSC1C(=O)CCCOC. The van der Waals surface area contributed by atoms with Crippen molar-refractivity contribution < 1.29 is 9.53 Å². The molecule has 0 aliphatic carbocycles. The first kappa shape index (κ1) is 13.4. The molecule has 0 amide bonds. The highest BCUT2D eigenvalue weighted by molar-refractivity contribution is 8.07. The summed E-state index contributed by atoms with van der Waals surface area (Å²) in [4.78, 5) is 12.0. The van der Waals surface area contributed by atoms with Gasteiger partial charge in [-0.2, -0.15) is 11.8 Å². The molecule has 0 spiro atoms. The number of hydrogen-bond acceptors (Lipinski definition) is 4. The molecule has 0 aromatic heterocycles. The Hall–Kier alpha value is 0.330. The standard InChI is InChI=1S/C11H20O2S2/c1-3-10-11(15-8-7-14-10)9(12)5-4-6-13-2/h10-11H,3-8H2,1-2H3. The molecule has 2 atom stereocenters. The average molecular weight is 248 g/mol. The number of carbonyl (C=O) groups is 1. The van der Waals surface area contributed by atoms with Crippen molar-refractivity contribution in [3.05, 3.63) is 0 Å². The van der Waals surface area contributed by atoms with Crippen molar-refractivity contribution >= 4 is 29.3 Å². The number of ether oxygens (including phenoxy) is 1. The first-order valence-corrected chi connectivity index (χ1v) is 7.64. The van der Waals surface area contributed by atoms with Crippen LogP contribution in [0, 0.1) is 0 Å². The van der Waals surface area contributed by atoms with E-state index in [9.17, 15) is 4.79 Å². The molecule has 1 aliphatic rings. The lowest BCUT2D eigenvalue weighted by Gasteiger charge is -2.28. The maximum Gasteiger partial charge on any atom is 0.147 e. The highest BCUT2D eigenvalue weighted by Gasteiger charge is 2.30. The maximum absolute atomic E-state index is 12.0. The zero-order valence-electron chi connectivity index (χ0n) is 9.53. The van der Waals surface area contributed by atoms with E-state index in [1.54, 1.807) is 7.11 Å². The molecular weight excluding hydrogens is 228 g/mol. The van der Waals surface area contributed by atoms with Crippen molar-refractivity contribution in [3.63, 3.8) is 0 Å². The Morgan fingerprint density at radius 3 is 2.80 bits per heavy atom. The fourth-order valence-electron chi connectivity index (χ4n) is 1.73. The summed E-state index contributed by atoms with van der Waals surface area (Å²) in [5.41, 5.74) is 0. The minimum Gasteiger partial charge on any atom is -0.385 e. The number of carbonyl (C=O) groups excluding carboxylic acids is 1. The summed E-state index contributed by atoms with van der Waals surface area (Å²) in [6.07, 6.45) is 2.66. The molecule has 88 valence electrons. The fraction of sp³-hybridized carbons (Fsp3) is 0.909. The first-order chi connectivity index (χ1) is 7.29. The molecule has 0 aromatic rings.